The molecular formula is C22H27FN6O. The van der Waals surface area contributed by atoms with Crippen molar-refractivity contribution in [1.29, 1.82) is 0 Å². The van der Waals surface area contributed by atoms with Crippen molar-refractivity contribution < 1.29 is 9.13 Å². The average Bonchev–Trinajstić information content (AvgIpc) is 3.22. The zero-order valence-electron chi connectivity index (χ0n) is 17.5. The van der Waals surface area contributed by atoms with Crippen molar-refractivity contribution in [2.24, 2.45) is 20.7 Å². The first-order chi connectivity index (χ1) is 14.5. The zero-order chi connectivity index (χ0) is 21.1. The van der Waals surface area contributed by atoms with Crippen LogP contribution >= 0.6 is 0 Å². The Morgan fingerprint density at radius 3 is 2.73 bits per heavy atom. The van der Waals surface area contributed by atoms with Crippen molar-refractivity contribution in [3.63, 3.8) is 0 Å². The zero-order valence-corrected chi connectivity index (χ0v) is 17.5. The van der Waals surface area contributed by atoms with E-state index in [1.807, 2.05) is 37.3 Å². The molecule has 0 spiro atoms. The molecule has 0 radical (unpaired) electrons. The van der Waals surface area contributed by atoms with Gasteiger partial charge in [-0.15, -0.1) is 10.2 Å². The van der Waals surface area contributed by atoms with Gasteiger partial charge in [0.2, 0.25) is 5.66 Å². The summed E-state index contributed by atoms with van der Waals surface area (Å²) in [4.78, 5) is 0. The summed E-state index contributed by atoms with van der Waals surface area (Å²) >= 11 is 0. The largest absolute Gasteiger partial charge is 0.496 e. The van der Waals surface area contributed by atoms with Crippen LogP contribution in [-0.4, -0.2) is 19.7 Å². The predicted octanol–water partition coefficient (Wildman–Crippen LogP) is 4.73. The molecule has 1 saturated heterocycles. The smallest absolute Gasteiger partial charge is 0.217 e. The van der Waals surface area contributed by atoms with Gasteiger partial charge >= 0.3 is 0 Å². The van der Waals surface area contributed by atoms with Gasteiger partial charge in [0, 0.05) is 29.8 Å². The van der Waals surface area contributed by atoms with Crippen LogP contribution in [0.15, 0.2) is 57.1 Å². The van der Waals surface area contributed by atoms with Gasteiger partial charge in [0.25, 0.3) is 0 Å². The molecular weight excluding hydrogens is 383 g/mol. The topological polar surface area (TPSA) is 82.7 Å². The Balaban J connectivity index is 1.54. The van der Waals surface area contributed by atoms with E-state index in [4.69, 9.17) is 4.74 Å². The first-order valence-electron chi connectivity index (χ1n) is 10.2. The highest BCUT2D eigenvalue weighted by Gasteiger charge is 2.31. The van der Waals surface area contributed by atoms with E-state index < -0.39 is 5.66 Å². The van der Waals surface area contributed by atoms with Gasteiger partial charge in [-0.05, 0) is 73.0 Å². The van der Waals surface area contributed by atoms with Gasteiger partial charge in [-0.25, -0.2) is 4.39 Å². The molecule has 0 aliphatic carbocycles. The van der Waals surface area contributed by atoms with Crippen LogP contribution in [0, 0.1) is 12.7 Å². The molecule has 8 heteroatoms. The molecule has 30 heavy (non-hydrogen) atoms. The average molecular weight is 410 g/mol. The number of methoxy groups -OCH3 is 1. The van der Waals surface area contributed by atoms with Crippen LogP contribution in [0.2, 0.25) is 0 Å². The van der Waals surface area contributed by atoms with Gasteiger partial charge in [0.1, 0.15) is 11.6 Å². The summed E-state index contributed by atoms with van der Waals surface area (Å²) in [6, 6.07) is 11.6. The molecule has 2 atom stereocenters. The summed E-state index contributed by atoms with van der Waals surface area (Å²) in [6.07, 6.45) is 2.08. The molecule has 0 saturated carbocycles. The minimum Gasteiger partial charge on any atom is -0.496 e. The predicted molar refractivity (Wildman–Crippen MR) is 112 cm³/mol. The van der Waals surface area contributed by atoms with Crippen LogP contribution in [0.1, 0.15) is 48.1 Å². The maximum Gasteiger partial charge on any atom is 0.217 e. The molecule has 2 aromatic rings. The molecule has 2 aliphatic heterocycles. The molecule has 158 valence electrons. The van der Waals surface area contributed by atoms with Crippen LogP contribution in [0.5, 0.6) is 5.75 Å². The third-order valence-electron chi connectivity index (χ3n) is 5.91. The van der Waals surface area contributed by atoms with E-state index in [9.17, 15) is 4.39 Å². The standard InChI is InChI=1S/C22H27FN6O/c1-14-6-7-15(12-18(14)23)21-19(5-4-10-24-21)25-13-16-11-17(8-9-20(16)30-3)22(2)26-28-29-27-22/h6-9,11-12,19,21,24-25H,4-5,10,13H2,1-3H3. The van der Waals surface area contributed by atoms with E-state index in [1.54, 1.807) is 20.1 Å². The van der Waals surface area contributed by atoms with E-state index in [0.717, 1.165) is 41.8 Å². The first kappa shape index (κ1) is 20.6. The van der Waals surface area contributed by atoms with E-state index in [1.165, 1.54) is 0 Å². The Morgan fingerprint density at radius 1 is 1.20 bits per heavy atom. The quantitative estimate of drug-likeness (QED) is 0.722. The Labute approximate surface area is 175 Å². The van der Waals surface area contributed by atoms with Crippen molar-refractivity contribution in [3.05, 3.63) is 64.5 Å². The summed E-state index contributed by atoms with van der Waals surface area (Å²) in [7, 11) is 1.66. The molecule has 2 N–H and O–H groups in total. The molecule has 4 rings (SSSR count). The van der Waals surface area contributed by atoms with Gasteiger partial charge in [-0.3, -0.25) is 0 Å². The molecule has 7 nitrogen and oxygen atoms in total. The van der Waals surface area contributed by atoms with Gasteiger partial charge < -0.3 is 15.4 Å². The monoisotopic (exact) mass is 410 g/mol. The number of nitrogens with one attached hydrogen (secondary N) is 2. The molecule has 0 bridgehead atoms. The maximum atomic E-state index is 14.1. The molecule has 2 aromatic carbocycles. The fourth-order valence-electron chi connectivity index (χ4n) is 4.06. The van der Waals surface area contributed by atoms with Crippen LogP contribution < -0.4 is 15.4 Å². The number of nitrogens with zero attached hydrogens (tertiary/aromatic N) is 4. The number of piperidine rings is 1. The first-order valence-corrected chi connectivity index (χ1v) is 10.2. The second-order valence-electron chi connectivity index (χ2n) is 8.00. The van der Waals surface area contributed by atoms with E-state index >= 15 is 0 Å². The third-order valence-corrected chi connectivity index (χ3v) is 5.91. The lowest BCUT2D eigenvalue weighted by Crippen LogP contribution is -2.45. The van der Waals surface area contributed by atoms with Crippen molar-refractivity contribution >= 4 is 0 Å². The molecule has 2 aliphatic rings. The van der Waals surface area contributed by atoms with Crippen molar-refractivity contribution in [2.75, 3.05) is 13.7 Å². The normalized spacial score (nSPS) is 22.4. The van der Waals surface area contributed by atoms with E-state index in [2.05, 4.69) is 31.3 Å². The number of hydrogen-bond acceptors (Lipinski definition) is 7. The van der Waals surface area contributed by atoms with Gasteiger partial charge in [0.15, 0.2) is 0 Å². The number of ether oxygens (including phenoxy) is 1. The van der Waals surface area contributed by atoms with Crippen LogP contribution in [0.3, 0.4) is 0 Å². The summed E-state index contributed by atoms with van der Waals surface area (Å²) < 4.78 is 19.7. The Kier molecular flexibility index (Phi) is 5.87. The number of benzene rings is 2. The highest BCUT2D eigenvalue weighted by molar-refractivity contribution is 5.40. The van der Waals surface area contributed by atoms with Crippen molar-refractivity contribution in [1.82, 2.24) is 10.6 Å². The van der Waals surface area contributed by atoms with Crippen LogP contribution in [0.4, 0.5) is 4.39 Å². The fourth-order valence-corrected chi connectivity index (χ4v) is 4.06. The number of halogens is 1. The summed E-state index contributed by atoms with van der Waals surface area (Å²) in [5.41, 5.74) is 2.75. The summed E-state index contributed by atoms with van der Waals surface area (Å²) in [5.74, 6) is 0.629. The second-order valence-corrected chi connectivity index (χ2v) is 8.00. The van der Waals surface area contributed by atoms with E-state index in [0.29, 0.717) is 12.1 Å². The Hall–Kier alpha value is -2.71. The Morgan fingerprint density at radius 2 is 2.00 bits per heavy atom. The molecule has 0 aromatic heterocycles. The summed E-state index contributed by atoms with van der Waals surface area (Å²) in [6.45, 7) is 5.19. The maximum absolute atomic E-state index is 14.1. The third kappa shape index (κ3) is 4.11. The SMILES string of the molecule is COc1ccc(C2(C)N=NN=N2)cc1CNC1CCCNC1c1ccc(C)c(F)c1. The lowest BCUT2D eigenvalue weighted by Gasteiger charge is -2.34. The molecule has 0 amide bonds. The Bertz CT molecular complexity index is 964. The number of aryl methyl sites for hydroxylation is 1. The lowest BCUT2D eigenvalue weighted by atomic mass is 9.91. The molecule has 2 heterocycles. The van der Waals surface area contributed by atoms with Crippen LogP contribution in [0.25, 0.3) is 0 Å². The molecule has 1 fully saturated rings. The number of rotatable bonds is 6. The minimum absolute atomic E-state index is 0.0537. The second kappa shape index (κ2) is 8.57. The van der Waals surface area contributed by atoms with Crippen LogP contribution in [-0.2, 0) is 12.2 Å². The van der Waals surface area contributed by atoms with Gasteiger partial charge in [0.05, 0.1) is 7.11 Å². The fraction of sp³-hybridized carbons (Fsp3) is 0.455. The van der Waals surface area contributed by atoms with Gasteiger partial charge in [-0.2, -0.15) is 0 Å². The highest BCUT2D eigenvalue weighted by Crippen LogP contribution is 2.34. The van der Waals surface area contributed by atoms with Gasteiger partial charge in [-0.1, -0.05) is 18.2 Å². The van der Waals surface area contributed by atoms with Crippen molar-refractivity contribution in [2.45, 2.75) is 51.0 Å². The highest BCUT2D eigenvalue weighted by atomic mass is 19.1. The minimum atomic E-state index is -0.796. The van der Waals surface area contributed by atoms with E-state index in [-0.39, 0.29) is 17.9 Å². The summed E-state index contributed by atoms with van der Waals surface area (Å²) in [5, 5.41) is 22.8. The lowest BCUT2D eigenvalue weighted by molar-refractivity contribution is 0.302. The number of hydrogen-bond donors (Lipinski definition) is 2. The molecule has 2 unspecified atom stereocenters. The van der Waals surface area contributed by atoms with Crippen molar-refractivity contribution in [3.8, 4) is 5.75 Å².